The largest absolute Gasteiger partial charge is 0.377 e. The van der Waals surface area contributed by atoms with Crippen molar-refractivity contribution >= 4 is 16.7 Å². The Bertz CT molecular complexity index is 443. The lowest BCUT2D eigenvalue weighted by atomic mass is 10.1. The Labute approximate surface area is 83.8 Å². The van der Waals surface area contributed by atoms with Crippen molar-refractivity contribution in [3.8, 4) is 0 Å². The summed E-state index contributed by atoms with van der Waals surface area (Å²) < 4.78 is 0. The number of nitrogens with one attached hydrogen (secondary N) is 1. The third kappa shape index (κ3) is 1.25. The van der Waals surface area contributed by atoms with Gasteiger partial charge in [-0.2, -0.15) is 0 Å². The molecule has 1 heterocycles. The second-order valence-electron chi connectivity index (χ2n) is 3.56. The quantitative estimate of drug-likeness (QED) is 0.781. The lowest BCUT2D eigenvalue weighted by molar-refractivity contribution is 1.07. The maximum absolute atomic E-state index is 4.23. The Morgan fingerprint density at radius 2 is 2.21 bits per heavy atom. The molecule has 0 aliphatic rings. The number of hydrogen-bond acceptors (Lipinski definition) is 2. The standard InChI is InChI=1S/C11H14N3/c1-4-8-10(14(2)3)6-5-9-11(8)13-7-12-9/h5-6H,4H2,1-3H3,(H,12,13). The van der Waals surface area contributed by atoms with Crippen LogP contribution in [0.25, 0.3) is 11.0 Å². The zero-order chi connectivity index (χ0) is 10.1. The minimum atomic E-state index is 0.990. The molecule has 2 rings (SSSR count). The van der Waals surface area contributed by atoms with Crippen molar-refractivity contribution in [2.24, 2.45) is 0 Å². The summed E-state index contributed by atoms with van der Waals surface area (Å²) in [6.07, 6.45) is 3.77. The monoisotopic (exact) mass is 188 g/mol. The summed E-state index contributed by atoms with van der Waals surface area (Å²) in [6, 6.07) is 4.17. The Morgan fingerprint density at radius 3 is 2.86 bits per heavy atom. The highest BCUT2D eigenvalue weighted by molar-refractivity contribution is 5.84. The van der Waals surface area contributed by atoms with E-state index in [4.69, 9.17) is 0 Å². The predicted molar refractivity (Wildman–Crippen MR) is 58.6 cm³/mol. The van der Waals surface area contributed by atoms with E-state index in [0.717, 1.165) is 17.5 Å². The van der Waals surface area contributed by atoms with Crippen LogP contribution in [0.2, 0.25) is 0 Å². The molecular formula is C11H14N3. The van der Waals surface area contributed by atoms with E-state index in [1.165, 1.54) is 11.3 Å². The lowest BCUT2D eigenvalue weighted by Crippen LogP contribution is -2.11. The van der Waals surface area contributed by atoms with E-state index in [-0.39, 0.29) is 0 Å². The molecule has 0 saturated carbocycles. The van der Waals surface area contributed by atoms with Crippen molar-refractivity contribution < 1.29 is 0 Å². The number of aromatic amines is 1. The Balaban J connectivity index is 2.72. The molecule has 1 aromatic carbocycles. The maximum atomic E-state index is 4.23. The maximum Gasteiger partial charge on any atom is 0.174 e. The molecule has 1 radical (unpaired) electrons. The summed E-state index contributed by atoms with van der Waals surface area (Å²) in [5, 5.41) is 0. The van der Waals surface area contributed by atoms with Gasteiger partial charge < -0.3 is 9.88 Å². The third-order valence-electron chi connectivity index (χ3n) is 2.45. The number of aryl methyl sites for hydroxylation is 1. The summed E-state index contributed by atoms with van der Waals surface area (Å²) in [5.74, 6) is 0. The van der Waals surface area contributed by atoms with Crippen LogP contribution in [0.15, 0.2) is 12.1 Å². The minimum Gasteiger partial charge on any atom is -0.377 e. The van der Waals surface area contributed by atoms with Crippen LogP contribution in [0.3, 0.4) is 0 Å². The fourth-order valence-corrected chi connectivity index (χ4v) is 1.77. The average Bonchev–Trinajstić information content (AvgIpc) is 2.63. The Morgan fingerprint density at radius 1 is 1.43 bits per heavy atom. The molecule has 0 aliphatic carbocycles. The molecule has 0 bridgehead atoms. The number of nitrogens with zero attached hydrogens (tertiary/aromatic N) is 2. The second kappa shape index (κ2) is 3.33. The van der Waals surface area contributed by atoms with Gasteiger partial charge in [0.15, 0.2) is 6.33 Å². The fraction of sp³-hybridized carbons (Fsp3) is 0.364. The van der Waals surface area contributed by atoms with Crippen molar-refractivity contribution in [1.82, 2.24) is 9.97 Å². The SMILES string of the molecule is CCc1c(N(C)C)ccc2[nH][c]nc12. The molecule has 0 saturated heterocycles. The van der Waals surface area contributed by atoms with Gasteiger partial charge in [-0.3, -0.25) is 0 Å². The van der Waals surface area contributed by atoms with Crippen LogP contribution >= 0.6 is 0 Å². The highest BCUT2D eigenvalue weighted by Crippen LogP contribution is 2.25. The van der Waals surface area contributed by atoms with Gasteiger partial charge >= 0.3 is 0 Å². The molecule has 0 aliphatic heterocycles. The van der Waals surface area contributed by atoms with Crippen molar-refractivity contribution in [1.29, 1.82) is 0 Å². The molecule has 1 N–H and O–H groups in total. The van der Waals surface area contributed by atoms with E-state index in [1.807, 2.05) is 6.07 Å². The summed E-state index contributed by atoms with van der Waals surface area (Å²) in [6.45, 7) is 2.15. The first-order chi connectivity index (χ1) is 6.74. The fourth-order valence-electron chi connectivity index (χ4n) is 1.77. The van der Waals surface area contributed by atoms with Gasteiger partial charge in [0.25, 0.3) is 0 Å². The van der Waals surface area contributed by atoms with Crippen molar-refractivity contribution in [2.45, 2.75) is 13.3 Å². The number of H-pyrrole nitrogens is 1. The summed E-state index contributed by atoms with van der Waals surface area (Å²) in [7, 11) is 4.10. The molecule has 14 heavy (non-hydrogen) atoms. The molecular weight excluding hydrogens is 174 g/mol. The molecule has 0 fully saturated rings. The lowest BCUT2D eigenvalue weighted by Gasteiger charge is -2.16. The first kappa shape index (κ1) is 9.06. The summed E-state index contributed by atoms with van der Waals surface area (Å²) in [4.78, 5) is 9.35. The number of rotatable bonds is 2. The zero-order valence-corrected chi connectivity index (χ0v) is 8.76. The topological polar surface area (TPSA) is 31.9 Å². The molecule has 3 nitrogen and oxygen atoms in total. The second-order valence-corrected chi connectivity index (χ2v) is 3.56. The molecule has 1 aromatic heterocycles. The van der Waals surface area contributed by atoms with E-state index in [9.17, 15) is 0 Å². The highest BCUT2D eigenvalue weighted by Gasteiger charge is 2.09. The van der Waals surface area contributed by atoms with Crippen molar-refractivity contribution in [3.63, 3.8) is 0 Å². The van der Waals surface area contributed by atoms with Crippen LogP contribution < -0.4 is 4.90 Å². The van der Waals surface area contributed by atoms with Gasteiger partial charge in [-0.15, -0.1) is 0 Å². The van der Waals surface area contributed by atoms with Crippen LogP contribution in [0, 0.1) is 6.33 Å². The van der Waals surface area contributed by atoms with Crippen LogP contribution in [0.5, 0.6) is 0 Å². The van der Waals surface area contributed by atoms with E-state index >= 15 is 0 Å². The van der Waals surface area contributed by atoms with Gasteiger partial charge in [0.1, 0.15) is 0 Å². The van der Waals surface area contributed by atoms with Crippen molar-refractivity contribution in [2.75, 3.05) is 19.0 Å². The van der Waals surface area contributed by atoms with Gasteiger partial charge in [-0.05, 0) is 18.6 Å². The third-order valence-corrected chi connectivity index (χ3v) is 2.45. The summed E-state index contributed by atoms with van der Waals surface area (Å²) in [5.41, 5.74) is 4.62. The van der Waals surface area contributed by atoms with Crippen LogP contribution in [-0.4, -0.2) is 24.1 Å². The van der Waals surface area contributed by atoms with E-state index in [0.29, 0.717) is 0 Å². The Hall–Kier alpha value is -1.51. The average molecular weight is 188 g/mol. The minimum absolute atomic E-state index is 0.990. The smallest absolute Gasteiger partial charge is 0.174 e. The van der Waals surface area contributed by atoms with Crippen LogP contribution in [-0.2, 0) is 6.42 Å². The van der Waals surface area contributed by atoms with E-state index < -0.39 is 0 Å². The molecule has 0 spiro atoms. The predicted octanol–water partition coefficient (Wildman–Crippen LogP) is 1.99. The van der Waals surface area contributed by atoms with Gasteiger partial charge in [-0.1, -0.05) is 6.92 Å². The van der Waals surface area contributed by atoms with Gasteiger partial charge in [-0.25, -0.2) is 4.98 Å². The number of fused-ring (bicyclic) bond motifs is 1. The first-order valence-electron chi connectivity index (χ1n) is 4.79. The highest BCUT2D eigenvalue weighted by atomic mass is 15.1. The molecule has 2 aromatic rings. The van der Waals surface area contributed by atoms with E-state index in [2.05, 4.69) is 48.3 Å². The molecule has 73 valence electrons. The van der Waals surface area contributed by atoms with Gasteiger partial charge in [0.2, 0.25) is 0 Å². The first-order valence-corrected chi connectivity index (χ1v) is 4.79. The van der Waals surface area contributed by atoms with Crippen LogP contribution in [0.1, 0.15) is 12.5 Å². The van der Waals surface area contributed by atoms with Gasteiger partial charge in [0.05, 0.1) is 11.0 Å². The van der Waals surface area contributed by atoms with E-state index in [1.54, 1.807) is 0 Å². The van der Waals surface area contributed by atoms with Crippen LogP contribution in [0.4, 0.5) is 5.69 Å². The number of hydrogen-bond donors (Lipinski definition) is 1. The zero-order valence-electron chi connectivity index (χ0n) is 8.76. The number of anilines is 1. The molecule has 0 atom stereocenters. The molecule has 0 unspecified atom stereocenters. The molecule has 3 heteroatoms. The number of benzene rings is 1. The number of aromatic nitrogens is 2. The van der Waals surface area contributed by atoms with Crippen molar-refractivity contribution in [3.05, 3.63) is 24.0 Å². The van der Waals surface area contributed by atoms with Gasteiger partial charge in [0, 0.05) is 25.3 Å². The molecule has 0 amide bonds. The number of imidazole rings is 1. The normalized spacial score (nSPS) is 10.8. The summed E-state index contributed by atoms with van der Waals surface area (Å²) >= 11 is 0. The Kier molecular flexibility index (Phi) is 2.15.